The fraction of sp³-hybridized carbons (Fsp3) is 0.400. The van der Waals surface area contributed by atoms with Crippen LogP contribution in [0.4, 0.5) is 11.6 Å². The minimum Gasteiger partial charge on any atom is -0.477 e. The largest absolute Gasteiger partial charge is 0.477 e. The smallest absolute Gasteiger partial charge is 0.262 e. The van der Waals surface area contributed by atoms with E-state index in [-0.39, 0.29) is 5.91 Å². The molecule has 0 saturated carbocycles. The number of carbonyl (C=O) groups excluding carboxylic acids is 1. The van der Waals surface area contributed by atoms with E-state index in [1.54, 1.807) is 10.6 Å². The molecule has 0 unspecified atom stereocenters. The Morgan fingerprint density at radius 2 is 2.24 bits per heavy atom. The van der Waals surface area contributed by atoms with Gasteiger partial charge in [-0.3, -0.25) is 4.79 Å². The summed E-state index contributed by atoms with van der Waals surface area (Å²) in [5.41, 5.74) is 2.80. The Kier molecular flexibility index (Phi) is 5.30. The SMILES string of the molecule is CCOc1nc(N2CC[C@H](NC)C2)ncc1C(=O)Nc1ccn2nc(C)cc2c1. The number of fused-ring (bicyclic) bond motifs is 1. The van der Waals surface area contributed by atoms with E-state index in [1.165, 1.54) is 6.20 Å². The minimum atomic E-state index is -0.310. The van der Waals surface area contributed by atoms with Crippen LogP contribution in [0, 0.1) is 6.92 Å². The number of nitrogens with one attached hydrogen (secondary N) is 2. The van der Waals surface area contributed by atoms with Gasteiger partial charge in [0.15, 0.2) is 0 Å². The molecule has 1 atom stereocenters. The Labute approximate surface area is 169 Å². The monoisotopic (exact) mass is 395 g/mol. The zero-order valence-corrected chi connectivity index (χ0v) is 16.8. The van der Waals surface area contributed by atoms with Crippen LogP contribution in [-0.4, -0.2) is 58.3 Å². The van der Waals surface area contributed by atoms with Crippen molar-refractivity contribution >= 4 is 23.1 Å². The number of anilines is 2. The van der Waals surface area contributed by atoms with Crippen LogP contribution in [0.1, 0.15) is 29.4 Å². The molecule has 0 spiro atoms. The van der Waals surface area contributed by atoms with Crippen molar-refractivity contribution in [3.05, 3.63) is 41.9 Å². The first-order chi connectivity index (χ1) is 14.1. The second-order valence-corrected chi connectivity index (χ2v) is 7.07. The molecule has 3 aromatic heterocycles. The number of amides is 1. The summed E-state index contributed by atoms with van der Waals surface area (Å²) in [6.45, 7) is 5.91. The van der Waals surface area contributed by atoms with E-state index < -0.39 is 0 Å². The molecular formula is C20H25N7O2. The van der Waals surface area contributed by atoms with Crippen LogP contribution in [0.2, 0.25) is 0 Å². The van der Waals surface area contributed by atoms with Crippen molar-refractivity contribution in [3.8, 4) is 5.88 Å². The number of hydrogen-bond acceptors (Lipinski definition) is 7. The van der Waals surface area contributed by atoms with Crippen LogP contribution < -0.4 is 20.3 Å². The Morgan fingerprint density at radius 3 is 3.00 bits per heavy atom. The van der Waals surface area contributed by atoms with Crippen molar-refractivity contribution in [2.75, 3.05) is 37.0 Å². The number of hydrogen-bond donors (Lipinski definition) is 2. The van der Waals surface area contributed by atoms with Crippen molar-refractivity contribution in [1.82, 2.24) is 24.9 Å². The predicted octanol–water partition coefficient (Wildman–Crippen LogP) is 1.88. The third-order valence-corrected chi connectivity index (χ3v) is 4.99. The van der Waals surface area contributed by atoms with E-state index in [0.29, 0.717) is 35.7 Å². The van der Waals surface area contributed by atoms with Crippen LogP contribution in [0.5, 0.6) is 5.88 Å². The van der Waals surface area contributed by atoms with Gasteiger partial charge in [0, 0.05) is 37.2 Å². The van der Waals surface area contributed by atoms with Gasteiger partial charge in [-0.05, 0) is 45.5 Å². The van der Waals surface area contributed by atoms with Gasteiger partial charge in [-0.2, -0.15) is 10.1 Å². The molecule has 1 aliphatic heterocycles. The zero-order chi connectivity index (χ0) is 20.4. The van der Waals surface area contributed by atoms with Crippen LogP contribution in [0.15, 0.2) is 30.6 Å². The molecule has 9 nitrogen and oxygen atoms in total. The van der Waals surface area contributed by atoms with Gasteiger partial charge in [-0.25, -0.2) is 9.50 Å². The highest BCUT2D eigenvalue weighted by Crippen LogP contribution is 2.23. The molecule has 1 aliphatic rings. The maximum absolute atomic E-state index is 12.9. The number of ether oxygens (including phenoxy) is 1. The number of pyridine rings is 1. The second kappa shape index (κ2) is 8.04. The first-order valence-corrected chi connectivity index (χ1v) is 9.77. The molecule has 1 amide bonds. The van der Waals surface area contributed by atoms with Gasteiger partial charge in [-0.15, -0.1) is 0 Å². The lowest BCUT2D eigenvalue weighted by molar-refractivity contribution is 0.102. The lowest BCUT2D eigenvalue weighted by Crippen LogP contribution is -2.30. The fourth-order valence-electron chi connectivity index (χ4n) is 3.49. The summed E-state index contributed by atoms with van der Waals surface area (Å²) >= 11 is 0. The number of aryl methyl sites for hydroxylation is 1. The molecule has 0 bridgehead atoms. The van der Waals surface area contributed by atoms with Gasteiger partial charge in [0.05, 0.1) is 17.8 Å². The van der Waals surface area contributed by atoms with Gasteiger partial charge >= 0.3 is 0 Å². The third-order valence-electron chi connectivity index (χ3n) is 4.99. The average molecular weight is 395 g/mol. The first kappa shape index (κ1) is 19.1. The highest BCUT2D eigenvalue weighted by atomic mass is 16.5. The number of aromatic nitrogens is 4. The van der Waals surface area contributed by atoms with Crippen molar-refractivity contribution in [1.29, 1.82) is 0 Å². The van der Waals surface area contributed by atoms with Gasteiger partial charge in [0.25, 0.3) is 5.91 Å². The molecule has 2 N–H and O–H groups in total. The Balaban J connectivity index is 1.56. The maximum Gasteiger partial charge on any atom is 0.262 e. The number of nitrogens with zero attached hydrogens (tertiary/aromatic N) is 5. The van der Waals surface area contributed by atoms with Crippen LogP contribution in [0.25, 0.3) is 5.52 Å². The van der Waals surface area contributed by atoms with Crippen molar-refractivity contribution in [2.45, 2.75) is 26.3 Å². The minimum absolute atomic E-state index is 0.296. The first-order valence-electron chi connectivity index (χ1n) is 9.77. The summed E-state index contributed by atoms with van der Waals surface area (Å²) in [6.07, 6.45) is 4.38. The zero-order valence-electron chi connectivity index (χ0n) is 16.8. The van der Waals surface area contributed by atoms with Gasteiger partial charge in [0.2, 0.25) is 11.8 Å². The molecule has 152 valence electrons. The van der Waals surface area contributed by atoms with Crippen molar-refractivity contribution < 1.29 is 9.53 Å². The molecular weight excluding hydrogens is 370 g/mol. The summed E-state index contributed by atoms with van der Waals surface area (Å²) in [4.78, 5) is 23.9. The average Bonchev–Trinajstić information content (AvgIpc) is 3.33. The Bertz CT molecular complexity index is 1030. The fourth-order valence-corrected chi connectivity index (χ4v) is 3.49. The molecule has 0 aromatic carbocycles. The summed E-state index contributed by atoms with van der Waals surface area (Å²) < 4.78 is 7.42. The van der Waals surface area contributed by atoms with E-state index in [2.05, 4.69) is 30.6 Å². The molecule has 4 heterocycles. The van der Waals surface area contributed by atoms with Gasteiger partial charge < -0.3 is 20.3 Å². The summed E-state index contributed by atoms with van der Waals surface area (Å²) in [5.74, 6) is 0.568. The maximum atomic E-state index is 12.9. The predicted molar refractivity (Wildman–Crippen MR) is 111 cm³/mol. The van der Waals surface area contributed by atoms with Crippen LogP contribution in [-0.2, 0) is 0 Å². The number of carbonyl (C=O) groups is 1. The van der Waals surface area contributed by atoms with Gasteiger partial charge in [-0.1, -0.05) is 0 Å². The lowest BCUT2D eigenvalue weighted by Gasteiger charge is -2.18. The Hall–Kier alpha value is -3.20. The second-order valence-electron chi connectivity index (χ2n) is 7.07. The molecule has 1 fully saturated rings. The van der Waals surface area contributed by atoms with E-state index in [1.807, 2.05) is 39.2 Å². The van der Waals surface area contributed by atoms with Gasteiger partial charge in [0.1, 0.15) is 5.56 Å². The number of likely N-dealkylation sites (N-methyl/N-ethyl adjacent to an activating group) is 1. The normalized spacial score (nSPS) is 16.4. The van der Waals surface area contributed by atoms with E-state index >= 15 is 0 Å². The Morgan fingerprint density at radius 1 is 1.38 bits per heavy atom. The lowest BCUT2D eigenvalue weighted by atomic mass is 10.2. The highest BCUT2D eigenvalue weighted by Gasteiger charge is 2.25. The molecule has 4 rings (SSSR count). The van der Waals surface area contributed by atoms with E-state index in [9.17, 15) is 4.79 Å². The third kappa shape index (κ3) is 4.00. The van der Waals surface area contributed by atoms with Crippen molar-refractivity contribution in [2.24, 2.45) is 0 Å². The van der Waals surface area contributed by atoms with Crippen LogP contribution in [0.3, 0.4) is 0 Å². The molecule has 0 radical (unpaired) electrons. The van der Waals surface area contributed by atoms with Crippen LogP contribution >= 0.6 is 0 Å². The topological polar surface area (TPSA) is 96.7 Å². The molecule has 9 heteroatoms. The van der Waals surface area contributed by atoms with Crippen molar-refractivity contribution in [3.63, 3.8) is 0 Å². The number of rotatable bonds is 6. The van der Waals surface area contributed by atoms with E-state index in [0.717, 1.165) is 30.7 Å². The molecule has 0 aliphatic carbocycles. The quantitative estimate of drug-likeness (QED) is 0.658. The molecule has 3 aromatic rings. The highest BCUT2D eigenvalue weighted by molar-refractivity contribution is 6.05. The molecule has 1 saturated heterocycles. The summed E-state index contributed by atoms with van der Waals surface area (Å²) in [7, 11) is 1.96. The molecule has 29 heavy (non-hydrogen) atoms. The van der Waals surface area contributed by atoms with E-state index in [4.69, 9.17) is 4.74 Å². The standard InChI is InChI=1S/C20H25N7O2/c1-4-29-19-17(11-22-20(24-19)26-7-5-15(12-26)21-3)18(28)23-14-6-8-27-16(10-14)9-13(2)25-27/h6,8-11,15,21H,4-5,7,12H2,1-3H3,(H,23,28)/t15-/m0/s1. The summed E-state index contributed by atoms with van der Waals surface area (Å²) in [5, 5.41) is 10.5. The summed E-state index contributed by atoms with van der Waals surface area (Å²) in [6, 6.07) is 6.04.